The van der Waals surface area contributed by atoms with Gasteiger partial charge in [-0.05, 0) is 55.5 Å². The van der Waals surface area contributed by atoms with Gasteiger partial charge in [0.05, 0.1) is 11.6 Å². The number of hydrogen-bond donors (Lipinski definition) is 0. The summed E-state index contributed by atoms with van der Waals surface area (Å²) in [6, 6.07) is 7.19. The fourth-order valence-electron chi connectivity index (χ4n) is 4.20. The highest BCUT2D eigenvalue weighted by Gasteiger charge is 2.51. The normalized spacial score (nSPS) is 25.2. The fourth-order valence-corrected chi connectivity index (χ4v) is 6.06. The summed E-state index contributed by atoms with van der Waals surface area (Å²) in [4.78, 5) is 4.01. The van der Waals surface area contributed by atoms with Crippen LogP contribution in [0, 0.1) is 5.92 Å². The van der Waals surface area contributed by atoms with Gasteiger partial charge in [-0.15, -0.1) is 0 Å². The zero-order valence-electron chi connectivity index (χ0n) is 14.8. The summed E-state index contributed by atoms with van der Waals surface area (Å²) in [5.74, 6) is 0.221. The molecule has 0 N–H and O–H groups in total. The van der Waals surface area contributed by atoms with Gasteiger partial charge in [0.25, 0.3) is 0 Å². The Labute approximate surface area is 161 Å². The number of ether oxygens (including phenoxy) is 1. The van der Waals surface area contributed by atoms with E-state index in [0.29, 0.717) is 0 Å². The number of benzene rings is 1. The summed E-state index contributed by atoms with van der Waals surface area (Å²) in [6.45, 7) is 0.0158. The lowest BCUT2D eigenvalue weighted by Crippen LogP contribution is -2.47. The Kier molecular flexibility index (Phi) is 4.83. The van der Waals surface area contributed by atoms with E-state index in [0.717, 1.165) is 31.4 Å². The molecule has 1 saturated carbocycles. The average Bonchev–Trinajstić information content (AvgIpc) is 3.28. The Balaban J connectivity index is 1.55. The molecule has 150 valence electrons. The summed E-state index contributed by atoms with van der Waals surface area (Å²) >= 11 is 0. The Morgan fingerprint density at radius 2 is 2.00 bits per heavy atom. The molecule has 9 heteroatoms. The van der Waals surface area contributed by atoms with Gasteiger partial charge >= 0.3 is 6.18 Å². The van der Waals surface area contributed by atoms with Crippen molar-refractivity contribution in [2.75, 3.05) is 6.61 Å². The van der Waals surface area contributed by atoms with Gasteiger partial charge in [-0.1, -0.05) is 6.07 Å². The molecule has 2 heterocycles. The molecule has 1 saturated heterocycles. The lowest BCUT2D eigenvalue weighted by molar-refractivity contribution is -0.137. The van der Waals surface area contributed by atoms with Crippen LogP contribution < -0.4 is 4.74 Å². The van der Waals surface area contributed by atoms with Crippen LogP contribution in [-0.4, -0.2) is 36.4 Å². The van der Waals surface area contributed by atoms with Crippen molar-refractivity contribution in [3.63, 3.8) is 0 Å². The molecule has 2 fully saturated rings. The van der Waals surface area contributed by atoms with Gasteiger partial charge in [0.15, 0.2) is 0 Å². The maximum absolute atomic E-state index is 13.1. The van der Waals surface area contributed by atoms with Gasteiger partial charge in [-0.25, -0.2) is 8.42 Å². The first-order valence-electron chi connectivity index (χ1n) is 9.00. The third-order valence-electron chi connectivity index (χ3n) is 5.47. The minimum absolute atomic E-state index is 0.0158. The van der Waals surface area contributed by atoms with Crippen LogP contribution in [-0.2, 0) is 16.2 Å². The number of rotatable bonds is 5. The van der Waals surface area contributed by atoms with E-state index in [1.54, 1.807) is 6.07 Å². The number of aromatic nitrogens is 1. The Morgan fingerprint density at radius 1 is 1.18 bits per heavy atom. The van der Waals surface area contributed by atoms with Crippen molar-refractivity contribution in [3.8, 4) is 5.75 Å². The zero-order valence-corrected chi connectivity index (χ0v) is 15.7. The van der Waals surface area contributed by atoms with Gasteiger partial charge in [-0.2, -0.15) is 17.5 Å². The maximum Gasteiger partial charge on any atom is 0.416 e. The van der Waals surface area contributed by atoms with Crippen LogP contribution in [0.25, 0.3) is 0 Å². The van der Waals surface area contributed by atoms with Crippen LogP contribution in [0.5, 0.6) is 5.75 Å². The first-order chi connectivity index (χ1) is 13.3. The summed E-state index contributed by atoms with van der Waals surface area (Å²) in [5, 5.41) is 0. The molecule has 1 aliphatic heterocycles. The number of halogens is 3. The van der Waals surface area contributed by atoms with E-state index < -0.39 is 27.8 Å². The van der Waals surface area contributed by atoms with Gasteiger partial charge in [0.1, 0.15) is 17.3 Å². The molecule has 4 rings (SSSR count). The van der Waals surface area contributed by atoms with Crippen LogP contribution in [0.2, 0.25) is 0 Å². The van der Waals surface area contributed by atoms with E-state index in [4.69, 9.17) is 4.74 Å². The molecule has 1 aromatic heterocycles. The summed E-state index contributed by atoms with van der Waals surface area (Å²) in [6.07, 6.45) is 0.775. The molecule has 1 aromatic carbocycles. The number of sulfonamides is 1. The van der Waals surface area contributed by atoms with Gasteiger partial charge in [-0.3, -0.25) is 4.98 Å². The van der Waals surface area contributed by atoms with Crippen molar-refractivity contribution in [2.24, 2.45) is 5.92 Å². The second kappa shape index (κ2) is 7.04. The molecule has 5 nitrogen and oxygen atoms in total. The standard InChI is InChI=1S/C19H19F3N2O3S/c20-19(21,22)14-3-1-4-16(10-14)27-12-18-13-6-7-15(9-13)24(18)28(25,26)17-5-2-8-23-11-17/h1-5,8,10-11,13,15,18H,6-7,9,12H2/t13-,15+,18+/m1/s1. The summed E-state index contributed by atoms with van der Waals surface area (Å²) in [5.41, 5.74) is -0.794. The molecule has 0 amide bonds. The second-order valence-electron chi connectivity index (χ2n) is 7.15. The molecule has 2 bridgehead atoms. The molecular formula is C19H19F3N2O3S. The third-order valence-corrected chi connectivity index (χ3v) is 7.43. The molecule has 2 aromatic rings. The Hall–Kier alpha value is -2.13. The topological polar surface area (TPSA) is 59.5 Å². The summed E-state index contributed by atoms with van der Waals surface area (Å²) in [7, 11) is -3.74. The molecule has 0 unspecified atom stereocenters. The molecule has 0 radical (unpaired) electrons. The van der Waals surface area contributed by atoms with Crippen molar-refractivity contribution in [1.82, 2.24) is 9.29 Å². The van der Waals surface area contributed by atoms with Crippen LogP contribution in [0.1, 0.15) is 24.8 Å². The number of alkyl halides is 3. The van der Waals surface area contributed by atoms with Crippen molar-refractivity contribution in [3.05, 3.63) is 54.4 Å². The fraction of sp³-hybridized carbons (Fsp3) is 0.421. The van der Waals surface area contributed by atoms with E-state index >= 15 is 0 Å². The third kappa shape index (κ3) is 3.48. The monoisotopic (exact) mass is 412 g/mol. The average molecular weight is 412 g/mol. The zero-order chi connectivity index (χ0) is 19.9. The molecule has 0 spiro atoms. The van der Waals surface area contributed by atoms with E-state index in [2.05, 4.69) is 4.98 Å². The van der Waals surface area contributed by atoms with Crippen LogP contribution >= 0.6 is 0 Å². The first-order valence-corrected chi connectivity index (χ1v) is 10.4. The smallest absolute Gasteiger partial charge is 0.416 e. The minimum atomic E-state index is -4.46. The Bertz CT molecular complexity index is 950. The molecule has 1 aliphatic carbocycles. The predicted molar refractivity (Wildman–Crippen MR) is 95.1 cm³/mol. The van der Waals surface area contributed by atoms with E-state index in [1.807, 2.05) is 0 Å². The largest absolute Gasteiger partial charge is 0.492 e. The predicted octanol–water partition coefficient (Wildman–Crippen LogP) is 3.72. The van der Waals surface area contributed by atoms with E-state index in [-0.39, 0.29) is 29.2 Å². The lowest BCUT2D eigenvalue weighted by Gasteiger charge is -2.34. The summed E-state index contributed by atoms with van der Waals surface area (Å²) < 4.78 is 72.0. The SMILES string of the molecule is O=S(=O)(c1cccnc1)N1[C@H]2CC[C@H](C2)[C@@H]1COc1cccc(C(F)(F)F)c1. The van der Waals surface area contributed by atoms with Crippen molar-refractivity contribution in [2.45, 2.75) is 42.4 Å². The number of hydrogen-bond acceptors (Lipinski definition) is 4. The van der Waals surface area contributed by atoms with Gasteiger partial charge < -0.3 is 4.74 Å². The van der Waals surface area contributed by atoms with Crippen molar-refractivity contribution >= 4 is 10.0 Å². The first kappa shape index (κ1) is 19.2. The molecular weight excluding hydrogens is 393 g/mol. The van der Waals surface area contributed by atoms with Gasteiger partial charge in [0, 0.05) is 18.4 Å². The Morgan fingerprint density at radius 3 is 2.71 bits per heavy atom. The van der Waals surface area contributed by atoms with E-state index in [9.17, 15) is 21.6 Å². The van der Waals surface area contributed by atoms with Crippen molar-refractivity contribution in [1.29, 1.82) is 0 Å². The van der Waals surface area contributed by atoms with Crippen LogP contribution in [0.15, 0.2) is 53.7 Å². The maximum atomic E-state index is 13.1. The number of pyridine rings is 1. The quantitative estimate of drug-likeness (QED) is 0.751. The number of piperidine rings is 1. The van der Waals surface area contributed by atoms with E-state index in [1.165, 1.54) is 34.9 Å². The van der Waals surface area contributed by atoms with Gasteiger partial charge in [0.2, 0.25) is 10.0 Å². The number of fused-ring (bicyclic) bond motifs is 2. The minimum Gasteiger partial charge on any atom is -0.492 e. The van der Waals surface area contributed by atoms with Crippen LogP contribution in [0.3, 0.4) is 0 Å². The number of nitrogens with zero attached hydrogens (tertiary/aromatic N) is 2. The second-order valence-corrected chi connectivity index (χ2v) is 9.00. The lowest BCUT2D eigenvalue weighted by atomic mass is 10.0. The van der Waals surface area contributed by atoms with Crippen molar-refractivity contribution < 1.29 is 26.3 Å². The molecule has 3 atom stereocenters. The van der Waals surface area contributed by atoms with Crippen LogP contribution in [0.4, 0.5) is 13.2 Å². The highest BCUT2D eigenvalue weighted by atomic mass is 32.2. The highest BCUT2D eigenvalue weighted by Crippen LogP contribution is 2.45. The highest BCUT2D eigenvalue weighted by molar-refractivity contribution is 7.89. The molecule has 28 heavy (non-hydrogen) atoms. The molecule has 2 aliphatic rings.